The van der Waals surface area contributed by atoms with E-state index in [0.29, 0.717) is 0 Å². The molecule has 1 amide bonds. The van der Waals surface area contributed by atoms with Gasteiger partial charge in [0, 0.05) is 19.3 Å². The summed E-state index contributed by atoms with van der Waals surface area (Å²) in [4.78, 5) is 17.4. The van der Waals surface area contributed by atoms with Crippen LogP contribution in [0.5, 0.6) is 0 Å². The molecule has 1 aliphatic rings. The van der Waals surface area contributed by atoms with Crippen molar-refractivity contribution in [1.82, 2.24) is 9.88 Å². The van der Waals surface area contributed by atoms with Gasteiger partial charge in [-0.2, -0.15) is 0 Å². The van der Waals surface area contributed by atoms with E-state index in [4.69, 9.17) is 0 Å². The maximum atomic E-state index is 11.1. The predicted molar refractivity (Wildman–Crippen MR) is 67.9 cm³/mol. The Balaban J connectivity index is 2.28. The first-order chi connectivity index (χ1) is 8.26. The number of likely N-dealkylation sites (tertiary alicyclic amines) is 1. The standard InChI is InChI=1S/C13H19N3O/c1-10-11(6-7-13(14-2)15-10)12-5-3-4-8-16(12)9-17/h6-7,9,12H,3-5,8H2,1-2H3,(H,14,15). The van der Waals surface area contributed by atoms with Gasteiger partial charge in [-0.1, -0.05) is 6.07 Å². The molecule has 1 saturated heterocycles. The highest BCUT2D eigenvalue weighted by atomic mass is 16.1. The lowest BCUT2D eigenvalue weighted by molar-refractivity contribution is -0.121. The van der Waals surface area contributed by atoms with Crippen molar-refractivity contribution in [1.29, 1.82) is 0 Å². The summed E-state index contributed by atoms with van der Waals surface area (Å²) in [5.41, 5.74) is 2.19. The van der Waals surface area contributed by atoms with E-state index in [2.05, 4.69) is 16.4 Å². The van der Waals surface area contributed by atoms with Crippen molar-refractivity contribution in [2.75, 3.05) is 18.9 Å². The minimum atomic E-state index is 0.208. The molecule has 2 heterocycles. The molecule has 1 N–H and O–H groups in total. The molecule has 92 valence electrons. The molecule has 4 nitrogen and oxygen atoms in total. The Morgan fingerprint density at radius 3 is 2.94 bits per heavy atom. The van der Waals surface area contributed by atoms with E-state index in [1.54, 1.807) is 0 Å². The molecule has 4 heteroatoms. The Morgan fingerprint density at radius 1 is 1.47 bits per heavy atom. The topological polar surface area (TPSA) is 45.2 Å². The molecule has 0 radical (unpaired) electrons. The fourth-order valence-corrected chi connectivity index (χ4v) is 2.48. The number of pyridine rings is 1. The van der Waals surface area contributed by atoms with E-state index in [1.807, 2.05) is 24.9 Å². The number of hydrogen-bond donors (Lipinski definition) is 1. The molecule has 2 rings (SSSR count). The Morgan fingerprint density at radius 2 is 2.29 bits per heavy atom. The maximum Gasteiger partial charge on any atom is 0.210 e. The summed E-state index contributed by atoms with van der Waals surface area (Å²) in [6, 6.07) is 4.26. The summed E-state index contributed by atoms with van der Waals surface area (Å²) in [7, 11) is 1.86. The lowest BCUT2D eigenvalue weighted by Crippen LogP contribution is -2.32. The van der Waals surface area contributed by atoms with E-state index in [0.717, 1.165) is 37.3 Å². The van der Waals surface area contributed by atoms with Crippen molar-refractivity contribution >= 4 is 12.2 Å². The molecule has 17 heavy (non-hydrogen) atoms. The largest absolute Gasteiger partial charge is 0.373 e. The van der Waals surface area contributed by atoms with Gasteiger partial charge in [-0.25, -0.2) is 4.98 Å². The zero-order valence-corrected chi connectivity index (χ0v) is 10.4. The monoisotopic (exact) mass is 233 g/mol. The molecular weight excluding hydrogens is 214 g/mol. The van der Waals surface area contributed by atoms with Crippen LogP contribution < -0.4 is 5.32 Å². The quantitative estimate of drug-likeness (QED) is 0.813. The molecule has 1 aromatic rings. The third-order valence-electron chi connectivity index (χ3n) is 3.42. The van der Waals surface area contributed by atoms with Gasteiger partial charge in [0.25, 0.3) is 0 Å². The smallest absolute Gasteiger partial charge is 0.210 e. The molecule has 0 saturated carbocycles. The van der Waals surface area contributed by atoms with Gasteiger partial charge in [-0.15, -0.1) is 0 Å². The minimum Gasteiger partial charge on any atom is -0.373 e. The van der Waals surface area contributed by atoms with Crippen LogP contribution in [0.3, 0.4) is 0 Å². The van der Waals surface area contributed by atoms with Crippen LogP contribution in [0.4, 0.5) is 5.82 Å². The Bertz CT molecular complexity index is 406. The molecule has 1 fully saturated rings. The van der Waals surface area contributed by atoms with E-state index in [-0.39, 0.29) is 6.04 Å². The second kappa shape index (κ2) is 5.17. The number of nitrogens with zero attached hydrogens (tertiary/aromatic N) is 2. The van der Waals surface area contributed by atoms with Gasteiger partial charge in [-0.3, -0.25) is 4.79 Å². The Labute approximate surface area is 102 Å². The van der Waals surface area contributed by atoms with E-state index >= 15 is 0 Å². The molecule has 0 aromatic carbocycles. The molecule has 0 spiro atoms. The van der Waals surface area contributed by atoms with Crippen LogP contribution in [-0.4, -0.2) is 29.9 Å². The molecule has 0 bridgehead atoms. The van der Waals surface area contributed by atoms with Gasteiger partial charge in [0.2, 0.25) is 6.41 Å². The number of carbonyl (C=O) groups excluding carboxylic acids is 1. The number of hydrogen-bond acceptors (Lipinski definition) is 3. The molecule has 1 unspecified atom stereocenters. The first-order valence-electron chi connectivity index (χ1n) is 6.12. The van der Waals surface area contributed by atoms with Gasteiger partial charge in [0.05, 0.1) is 6.04 Å². The molecule has 1 aliphatic heterocycles. The third kappa shape index (κ3) is 2.40. The number of carbonyl (C=O) groups is 1. The molecule has 0 aliphatic carbocycles. The minimum absolute atomic E-state index is 0.208. The average molecular weight is 233 g/mol. The van der Waals surface area contributed by atoms with Crippen LogP contribution in [-0.2, 0) is 4.79 Å². The number of anilines is 1. The van der Waals surface area contributed by atoms with Crippen LogP contribution in [0, 0.1) is 6.92 Å². The number of aromatic nitrogens is 1. The van der Waals surface area contributed by atoms with Crippen molar-refractivity contribution < 1.29 is 4.79 Å². The number of nitrogens with one attached hydrogen (secondary N) is 1. The average Bonchev–Trinajstić information content (AvgIpc) is 2.38. The zero-order chi connectivity index (χ0) is 12.3. The third-order valence-corrected chi connectivity index (χ3v) is 3.42. The van der Waals surface area contributed by atoms with E-state index in [1.165, 1.54) is 12.0 Å². The fourth-order valence-electron chi connectivity index (χ4n) is 2.48. The number of aryl methyl sites for hydroxylation is 1. The van der Waals surface area contributed by atoms with E-state index < -0.39 is 0 Å². The van der Waals surface area contributed by atoms with Gasteiger partial charge >= 0.3 is 0 Å². The highest BCUT2D eigenvalue weighted by Crippen LogP contribution is 2.31. The summed E-state index contributed by atoms with van der Waals surface area (Å²) >= 11 is 0. The summed E-state index contributed by atoms with van der Waals surface area (Å²) in [5, 5.41) is 3.03. The van der Waals surface area contributed by atoms with Crippen molar-refractivity contribution in [3.8, 4) is 0 Å². The Kier molecular flexibility index (Phi) is 3.61. The molecule has 1 atom stereocenters. The number of piperidine rings is 1. The van der Waals surface area contributed by atoms with Gasteiger partial charge < -0.3 is 10.2 Å². The van der Waals surface area contributed by atoms with Gasteiger partial charge in [-0.05, 0) is 37.8 Å². The highest BCUT2D eigenvalue weighted by molar-refractivity contribution is 5.50. The van der Waals surface area contributed by atoms with E-state index in [9.17, 15) is 4.79 Å². The predicted octanol–water partition coefficient (Wildman–Crippen LogP) is 2.12. The second-order valence-electron chi connectivity index (χ2n) is 4.48. The first kappa shape index (κ1) is 11.9. The summed E-state index contributed by atoms with van der Waals surface area (Å²) in [5.74, 6) is 0.875. The van der Waals surface area contributed by atoms with Crippen molar-refractivity contribution in [2.45, 2.75) is 32.2 Å². The van der Waals surface area contributed by atoms with Crippen LogP contribution in [0.15, 0.2) is 12.1 Å². The van der Waals surface area contributed by atoms with Gasteiger partial charge in [0.1, 0.15) is 5.82 Å². The van der Waals surface area contributed by atoms with Gasteiger partial charge in [0.15, 0.2) is 0 Å². The zero-order valence-electron chi connectivity index (χ0n) is 10.4. The van der Waals surface area contributed by atoms with Crippen LogP contribution >= 0.6 is 0 Å². The van der Waals surface area contributed by atoms with Crippen LogP contribution in [0.25, 0.3) is 0 Å². The van der Waals surface area contributed by atoms with Crippen LogP contribution in [0.1, 0.15) is 36.6 Å². The normalized spacial score (nSPS) is 20.1. The fraction of sp³-hybridized carbons (Fsp3) is 0.538. The Hall–Kier alpha value is -1.58. The van der Waals surface area contributed by atoms with Crippen molar-refractivity contribution in [3.05, 3.63) is 23.4 Å². The van der Waals surface area contributed by atoms with Crippen molar-refractivity contribution in [3.63, 3.8) is 0 Å². The lowest BCUT2D eigenvalue weighted by atomic mass is 9.95. The summed E-state index contributed by atoms with van der Waals surface area (Å²) < 4.78 is 0. The molecular formula is C13H19N3O. The SMILES string of the molecule is CNc1ccc(C2CCCCN2C=O)c(C)n1. The van der Waals surface area contributed by atoms with Crippen LogP contribution in [0.2, 0.25) is 0 Å². The summed E-state index contributed by atoms with van der Waals surface area (Å²) in [6.45, 7) is 2.87. The lowest BCUT2D eigenvalue weighted by Gasteiger charge is -2.33. The first-order valence-corrected chi connectivity index (χ1v) is 6.12. The number of rotatable bonds is 3. The van der Waals surface area contributed by atoms with Crippen molar-refractivity contribution in [2.24, 2.45) is 0 Å². The maximum absolute atomic E-state index is 11.1. The number of amides is 1. The molecule has 1 aromatic heterocycles. The summed E-state index contributed by atoms with van der Waals surface area (Å²) in [6.07, 6.45) is 4.30. The highest BCUT2D eigenvalue weighted by Gasteiger charge is 2.24. The second-order valence-corrected chi connectivity index (χ2v) is 4.48.